The molecule has 0 saturated carbocycles. The van der Waals surface area contributed by atoms with Crippen LogP contribution in [0.2, 0.25) is 0 Å². The number of rotatable bonds is 7. The highest BCUT2D eigenvalue weighted by Crippen LogP contribution is 2.34. The number of methoxy groups -OCH3 is 2. The third kappa shape index (κ3) is 6.21. The highest BCUT2D eigenvalue weighted by molar-refractivity contribution is 7.89. The van der Waals surface area contributed by atoms with Crippen LogP contribution < -0.4 is 4.74 Å². The molecule has 3 atom stereocenters. The lowest BCUT2D eigenvalue weighted by Crippen LogP contribution is -2.50. The Hall–Kier alpha value is -2.16. The van der Waals surface area contributed by atoms with E-state index < -0.39 is 22.2 Å². The molecule has 0 radical (unpaired) electrons. The van der Waals surface area contributed by atoms with Crippen LogP contribution in [0.1, 0.15) is 19.4 Å². The normalized spacial score (nSPS) is 21.2. The van der Waals surface area contributed by atoms with Crippen LogP contribution in [0.5, 0.6) is 5.75 Å². The third-order valence-corrected chi connectivity index (χ3v) is 7.28. The van der Waals surface area contributed by atoms with Gasteiger partial charge in [0.05, 0.1) is 13.2 Å². The predicted molar refractivity (Wildman–Crippen MR) is 119 cm³/mol. The minimum atomic E-state index is -3.93. The zero-order chi connectivity index (χ0) is 23.9. The van der Waals surface area contributed by atoms with Crippen LogP contribution in [-0.2, 0) is 24.3 Å². The van der Waals surface area contributed by atoms with Gasteiger partial charge in [-0.1, -0.05) is 18.8 Å². The van der Waals surface area contributed by atoms with E-state index in [0.29, 0.717) is 5.56 Å². The van der Waals surface area contributed by atoms with Crippen molar-refractivity contribution in [1.82, 2.24) is 9.21 Å². The van der Waals surface area contributed by atoms with Crippen molar-refractivity contribution >= 4 is 15.9 Å². The number of likely N-dealkylation sites (N-methyl/N-ethyl adjacent to an activating group) is 1. The quantitative estimate of drug-likeness (QED) is 0.583. The third-order valence-electron chi connectivity index (χ3n) is 5.26. The minimum Gasteiger partial charge on any atom is -0.487 e. The highest BCUT2D eigenvalue weighted by Gasteiger charge is 2.38. The second-order valence-corrected chi connectivity index (χ2v) is 9.70. The molecule has 1 aromatic carbocycles. The summed E-state index contributed by atoms with van der Waals surface area (Å²) < 4.78 is 44.2. The molecular formula is C22H32N2O7S. The first-order chi connectivity index (χ1) is 15.1. The van der Waals surface area contributed by atoms with Crippen LogP contribution in [0.4, 0.5) is 0 Å². The Labute approximate surface area is 190 Å². The number of hydrogen-bond donors (Lipinski definition) is 1. The van der Waals surface area contributed by atoms with Crippen LogP contribution >= 0.6 is 0 Å². The second kappa shape index (κ2) is 11.6. The summed E-state index contributed by atoms with van der Waals surface area (Å²) in [7, 11) is 0.700. The molecule has 10 heteroatoms. The van der Waals surface area contributed by atoms with Crippen LogP contribution in [0.3, 0.4) is 0 Å². The summed E-state index contributed by atoms with van der Waals surface area (Å²) in [6, 6.07) is 4.03. The van der Waals surface area contributed by atoms with E-state index in [0.717, 1.165) is 0 Å². The molecule has 0 saturated heterocycles. The molecule has 0 aliphatic carbocycles. The van der Waals surface area contributed by atoms with Crippen molar-refractivity contribution in [2.24, 2.45) is 5.92 Å². The fourth-order valence-electron chi connectivity index (χ4n) is 3.34. The molecule has 0 bridgehead atoms. The van der Waals surface area contributed by atoms with Crippen LogP contribution in [-0.4, -0.2) is 95.0 Å². The van der Waals surface area contributed by atoms with Crippen molar-refractivity contribution < 1.29 is 32.5 Å². The molecule has 1 aliphatic rings. The second-order valence-electron chi connectivity index (χ2n) is 7.84. The molecule has 1 amide bonds. The lowest BCUT2D eigenvalue weighted by molar-refractivity contribution is -0.135. The predicted octanol–water partition coefficient (Wildman–Crippen LogP) is 0.558. The van der Waals surface area contributed by atoms with Crippen molar-refractivity contribution in [3.63, 3.8) is 0 Å². The molecule has 0 unspecified atom stereocenters. The Morgan fingerprint density at radius 3 is 2.72 bits per heavy atom. The molecule has 1 aromatic rings. The number of sulfonamides is 1. The summed E-state index contributed by atoms with van der Waals surface area (Å²) in [6.07, 6.45) is -0.495. The van der Waals surface area contributed by atoms with Gasteiger partial charge in [-0.2, -0.15) is 4.31 Å². The van der Waals surface area contributed by atoms with Crippen LogP contribution in [0.25, 0.3) is 0 Å². The molecule has 0 fully saturated rings. The summed E-state index contributed by atoms with van der Waals surface area (Å²) >= 11 is 0. The van der Waals surface area contributed by atoms with Gasteiger partial charge in [0.25, 0.3) is 0 Å². The van der Waals surface area contributed by atoms with Gasteiger partial charge < -0.3 is 24.2 Å². The monoisotopic (exact) mass is 468 g/mol. The molecule has 32 heavy (non-hydrogen) atoms. The molecule has 1 aliphatic heterocycles. The van der Waals surface area contributed by atoms with E-state index in [4.69, 9.17) is 14.2 Å². The standard InChI is InChI=1S/C22H32N2O7S/c1-16-12-24(17(2)14-25)32(27,28)21-9-8-18(7-6-10-29-4)11-19(21)31-20(16)13-23(3)22(26)15-30-5/h8-9,11,16-17,20,25H,10,12-15H2,1-5H3/t16-,17+,20-/m1/s1. The molecule has 0 aromatic heterocycles. The SMILES string of the molecule is COCC#Cc1ccc2c(c1)O[C@H](CN(C)C(=O)COC)[C@H](C)CN([C@@H](C)CO)S2(=O)=O. The van der Waals surface area contributed by atoms with Crippen molar-refractivity contribution in [1.29, 1.82) is 0 Å². The lowest BCUT2D eigenvalue weighted by Gasteiger charge is -2.37. The Morgan fingerprint density at radius 2 is 2.09 bits per heavy atom. The van der Waals surface area contributed by atoms with Crippen molar-refractivity contribution in [2.45, 2.75) is 30.9 Å². The first-order valence-electron chi connectivity index (χ1n) is 10.3. The van der Waals surface area contributed by atoms with Gasteiger partial charge in [-0.15, -0.1) is 0 Å². The highest BCUT2D eigenvalue weighted by atomic mass is 32.2. The molecule has 1 heterocycles. The van der Waals surface area contributed by atoms with Crippen molar-refractivity contribution in [3.8, 4) is 17.6 Å². The average molecular weight is 469 g/mol. The van der Waals surface area contributed by atoms with Gasteiger partial charge in [0.1, 0.15) is 30.0 Å². The number of nitrogens with zero attached hydrogens (tertiary/aromatic N) is 2. The first-order valence-corrected chi connectivity index (χ1v) is 11.7. The molecule has 9 nitrogen and oxygen atoms in total. The van der Waals surface area contributed by atoms with Gasteiger partial charge in [-0.3, -0.25) is 4.79 Å². The largest absolute Gasteiger partial charge is 0.487 e. The fourth-order valence-corrected chi connectivity index (χ4v) is 5.16. The number of ether oxygens (including phenoxy) is 3. The van der Waals surface area contributed by atoms with Gasteiger partial charge in [0.2, 0.25) is 15.9 Å². The smallest absolute Gasteiger partial charge is 0.248 e. The van der Waals surface area contributed by atoms with Crippen LogP contribution in [0.15, 0.2) is 23.1 Å². The summed E-state index contributed by atoms with van der Waals surface area (Å²) in [5, 5.41) is 9.69. The average Bonchev–Trinajstić information content (AvgIpc) is 2.75. The number of amides is 1. The van der Waals surface area contributed by atoms with Crippen molar-refractivity contribution in [3.05, 3.63) is 23.8 Å². The van der Waals surface area contributed by atoms with Gasteiger partial charge in [-0.25, -0.2) is 8.42 Å². The Morgan fingerprint density at radius 1 is 1.38 bits per heavy atom. The molecular weight excluding hydrogens is 436 g/mol. The van der Waals surface area contributed by atoms with E-state index >= 15 is 0 Å². The van der Waals surface area contributed by atoms with Gasteiger partial charge in [-0.05, 0) is 25.1 Å². The van der Waals surface area contributed by atoms with E-state index in [1.165, 1.54) is 29.5 Å². The maximum atomic E-state index is 13.4. The summed E-state index contributed by atoms with van der Waals surface area (Å²) in [4.78, 5) is 13.7. The van der Waals surface area contributed by atoms with E-state index in [9.17, 15) is 18.3 Å². The summed E-state index contributed by atoms with van der Waals surface area (Å²) in [6.45, 7) is 3.75. The number of aliphatic hydroxyl groups is 1. The van der Waals surface area contributed by atoms with E-state index in [1.807, 2.05) is 6.92 Å². The number of hydrogen-bond acceptors (Lipinski definition) is 7. The number of carbonyl (C=O) groups excluding carboxylic acids is 1. The topological polar surface area (TPSA) is 106 Å². The maximum absolute atomic E-state index is 13.4. The minimum absolute atomic E-state index is 0.00198. The number of carbonyl (C=O) groups is 1. The Kier molecular flexibility index (Phi) is 9.48. The maximum Gasteiger partial charge on any atom is 0.248 e. The van der Waals surface area contributed by atoms with Crippen molar-refractivity contribution in [2.75, 3.05) is 54.2 Å². The van der Waals surface area contributed by atoms with Gasteiger partial charge in [0.15, 0.2) is 0 Å². The van der Waals surface area contributed by atoms with Gasteiger partial charge >= 0.3 is 0 Å². The zero-order valence-corrected chi connectivity index (χ0v) is 20.0. The Balaban J connectivity index is 2.52. The fraction of sp³-hybridized carbons (Fsp3) is 0.591. The molecule has 1 N–H and O–H groups in total. The van der Waals surface area contributed by atoms with Crippen LogP contribution in [0, 0.1) is 17.8 Å². The lowest BCUT2D eigenvalue weighted by atomic mass is 10.0. The number of aliphatic hydroxyl groups excluding tert-OH is 1. The van der Waals surface area contributed by atoms with E-state index in [-0.39, 0.29) is 55.4 Å². The zero-order valence-electron chi connectivity index (χ0n) is 19.2. The molecule has 2 rings (SSSR count). The summed E-state index contributed by atoms with van der Waals surface area (Å²) in [5.74, 6) is 5.44. The van der Waals surface area contributed by atoms with E-state index in [2.05, 4.69) is 11.8 Å². The first kappa shape index (κ1) is 26.1. The molecule has 178 valence electrons. The van der Waals surface area contributed by atoms with E-state index in [1.54, 1.807) is 26.1 Å². The van der Waals surface area contributed by atoms with Gasteiger partial charge in [0, 0.05) is 45.3 Å². The Bertz CT molecular complexity index is 955. The summed E-state index contributed by atoms with van der Waals surface area (Å²) in [5.41, 5.74) is 0.577. The number of fused-ring (bicyclic) bond motifs is 1. The molecule has 0 spiro atoms. The number of benzene rings is 1.